The predicted octanol–water partition coefficient (Wildman–Crippen LogP) is 3.76. The molecule has 0 radical (unpaired) electrons. The molecule has 0 saturated carbocycles. The van der Waals surface area contributed by atoms with E-state index in [1.165, 1.54) is 0 Å². The molecule has 0 aromatic carbocycles. The molecule has 6 heteroatoms. The highest BCUT2D eigenvalue weighted by atomic mass is 127. The van der Waals surface area contributed by atoms with Crippen LogP contribution in [0.3, 0.4) is 0 Å². The summed E-state index contributed by atoms with van der Waals surface area (Å²) < 4.78 is 6.42. The van der Waals surface area contributed by atoms with Crippen molar-refractivity contribution >= 4 is 50.1 Å². The molecule has 0 amide bonds. The van der Waals surface area contributed by atoms with Gasteiger partial charge in [0.05, 0.1) is 0 Å². The Morgan fingerprint density at radius 3 is 2.86 bits per heavy atom. The third kappa shape index (κ3) is 1.94. The Labute approximate surface area is 107 Å². The van der Waals surface area contributed by atoms with Gasteiger partial charge in [-0.25, -0.2) is 4.98 Å². The van der Waals surface area contributed by atoms with E-state index in [0.717, 1.165) is 19.4 Å². The van der Waals surface area contributed by atoms with Crippen LogP contribution in [0.4, 0.5) is 0 Å². The number of rotatable bonds is 1. The first kappa shape index (κ1) is 10.4. The second kappa shape index (κ2) is 4.16. The number of hydrogen-bond acceptors (Lipinski definition) is 3. The molecule has 0 fully saturated rings. The molecule has 72 valence electrons. The highest BCUT2D eigenvalue weighted by molar-refractivity contribution is 14.1. The van der Waals surface area contributed by atoms with Crippen LogP contribution in [-0.4, -0.2) is 10.1 Å². The van der Waals surface area contributed by atoms with Gasteiger partial charge in [0, 0.05) is 11.8 Å². The summed E-state index contributed by atoms with van der Waals surface area (Å²) in [5.41, 5.74) is 1.66. The molecule has 2 aromatic rings. The topological polar surface area (TPSA) is 38.9 Å². The fourth-order valence-corrected chi connectivity index (χ4v) is 1.99. The van der Waals surface area contributed by atoms with Crippen LogP contribution in [-0.2, 0) is 0 Å². The lowest BCUT2D eigenvalue weighted by molar-refractivity contribution is 0.423. The van der Waals surface area contributed by atoms with Crippen molar-refractivity contribution in [2.24, 2.45) is 0 Å². The van der Waals surface area contributed by atoms with E-state index < -0.39 is 0 Å². The molecule has 2 aromatic heterocycles. The van der Waals surface area contributed by atoms with Gasteiger partial charge >= 0.3 is 0 Å². The van der Waals surface area contributed by atoms with E-state index in [9.17, 15) is 0 Å². The van der Waals surface area contributed by atoms with Gasteiger partial charge in [0.1, 0.15) is 13.9 Å². The van der Waals surface area contributed by atoms with E-state index in [1.807, 2.05) is 12.1 Å². The van der Waals surface area contributed by atoms with Crippen LogP contribution in [0.25, 0.3) is 11.3 Å². The average molecular weight is 385 g/mol. The van der Waals surface area contributed by atoms with E-state index in [0.29, 0.717) is 5.22 Å². The number of aromatic nitrogens is 2. The number of pyridine rings is 1. The Hall–Kier alpha value is -0.140. The van der Waals surface area contributed by atoms with Gasteiger partial charge < -0.3 is 4.52 Å². The predicted molar refractivity (Wildman–Crippen MR) is 65.2 cm³/mol. The first-order chi connectivity index (χ1) is 6.68. The first-order valence-corrected chi connectivity index (χ1v) is 5.86. The molecule has 0 spiro atoms. The van der Waals surface area contributed by atoms with Gasteiger partial charge in [-0.1, -0.05) is 5.16 Å². The van der Waals surface area contributed by atoms with E-state index >= 15 is 0 Å². The van der Waals surface area contributed by atoms with Gasteiger partial charge in [0.15, 0.2) is 0 Å². The Morgan fingerprint density at radius 2 is 2.29 bits per heavy atom. The second-order valence-electron chi connectivity index (χ2n) is 2.49. The molecule has 0 bridgehead atoms. The molecule has 0 aliphatic carbocycles. The van der Waals surface area contributed by atoms with Crippen molar-refractivity contribution < 1.29 is 4.52 Å². The van der Waals surface area contributed by atoms with Crippen LogP contribution in [0.2, 0.25) is 5.22 Å². The third-order valence-electron chi connectivity index (χ3n) is 1.60. The second-order valence-corrected chi connectivity index (χ2v) is 4.72. The molecule has 0 atom stereocenters. The summed E-state index contributed by atoms with van der Waals surface area (Å²) in [4.78, 5) is 4.02. The summed E-state index contributed by atoms with van der Waals surface area (Å²) in [7, 11) is 0. The fraction of sp³-hybridized carbons (Fsp3) is 0. The van der Waals surface area contributed by atoms with Crippen molar-refractivity contribution in [1.29, 1.82) is 0 Å². The molecule has 0 unspecified atom stereocenters. The maximum absolute atomic E-state index is 5.76. The van der Waals surface area contributed by atoms with Crippen molar-refractivity contribution in [2.75, 3.05) is 0 Å². The van der Waals surface area contributed by atoms with E-state index in [1.54, 1.807) is 6.20 Å². The van der Waals surface area contributed by atoms with Crippen LogP contribution in [0.1, 0.15) is 0 Å². The Balaban J connectivity index is 2.55. The van der Waals surface area contributed by atoms with Gasteiger partial charge in [0.25, 0.3) is 0 Å². The van der Waals surface area contributed by atoms with Crippen molar-refractivity contribution in [1.82, 2.24) is 10.1 Å². The van der Waals surface area contributed by atoms with Crippen LogP contribution >= 0.6 is 50.1 Å². The van der Waals surface area contributed by atoms with Gasteiger partial charge in [-0.05, 0) is 62.3 Å². The quantitative estimate of drug-likeness (QED) is 0.554. The molecular weight excluding hydrogens is 382 g/mol. The molecule has 3 nitrogen and oxygen atoms in total. The number of halogens is 3. The Kier molecular flexibility index (Phi) is 3.08. The summed E-state index contributed by atoms with van der Waals surface area (Å²) >= 11 is 11.1. The van der Waals surface area contributed by atoms with E-state index in [4.69, 9.17) is 16.1 Å². The van der Waals surface area contributed by atoms with Gasteiger partial charge in [-0.2, -0.15) is 0 Å². The van der Waals surface area contributed by atoms with Gasteiger partial charge in [-0.15, -0.1) is 0 Å². The normalized spacial score (nSPS) is 10.5. The van der Waals surface area contributed by atoms with Crippen LogP contribution in [0.15, 0.2) is 27.5 Å². The van der Waals surface area contributed by atoms with Crippen molar-refractivity contribution in [2.45, 2.75) is 0 Å². The number of nitrogens with zero attached hydrogens (tertiary/aromatic N) is 2. The first-order valence-electron chi connectivity index (χ1n) is 3.61. The zero-order valence-corrected chi connectivity index (χ0v) is 11.2. The summed E-state index contributed by atoms with van der Waals surface area (Å²) in [5, 5.41) is 4.18. The van der Waals surface area contributed by atoms with Gasteiger partial charge in [-0.3, -0.25) is 0 Å². The monoisotopic (exact) mass is 384 g/mol. The summed E-state index contributed by atoms with van der Waals surface area (Å²) in [6.45, 7) is 0. The van der Waals surface area contributed by atoms with E-state index in [-0.39, 0.29) is 0 Å². The fourth-order valence-electron chi connectivity index (χ4n) is 0.988. The SMILES string of the molecule is Clc1onc(-c2ccnc(Br)c2)c1I. The minimum atomic E-state index is 0.313. The molecule has 14 heavy (non-hydrogen) atoms. The Morgan fingerprint density at radius 1 is 1.50 bits per heavy atom. The number of hydrogen-bond donors (Lipinski definition) is 0. The molecule has 2 heterocycles. The maximum atomic E-state index is 5.76. The lowest BCUT2D eigenvalue weighted by Crippen LogP contribution is -1.82. The van der Waals surface area contributed by atoms with Crippen LogP contribution in [0, 0.1) is 3.57 Å². The summed E-state index contributed by atoms with van der Waals surface area (Å²) in [5.74, 6) is 0. The molecule has 0 aliphatic rings. The van der Waals surface area contributed by atoms with Gasteiger partial charge in [0.2, 0.25) is 5.22 Å². The molecule has 0 saturated heterocycles. The zero-order valence-electron chi connectivity index (χ0n) is 6.67. The van der Waals surface area contributed by atoms with E-state index in [2.05, 4.69) is 48.7 Å². The highest BCUT2D eigenvalue weighted by Crippen LogP contribution is 2.30. The molecule has 2 rings (SSSR count). The third-order valence-corrected chi connectivity index (χ3v) is 3.61. The van der Waals surface area contributed by atoms with Crippen LogP contribution < -0.4 is 0 Å². The molecule has 0 aliphatic heterocycles. The average Bonchev–Trinajstić information content (AvgIpc) is 2.48. The summed E-state index contributed by atoms with van der Waals surface area (Å²) in [6, 6.07) is 3.71. The summed E-state index contributed by atoms with van der Waals surface area (Å²) in [6.07, 6.45) is 1.69. The lowest BCUT2D eigenvalue weighted by atomic mass is 10.2. The molecular formula is C8H3BrClIN2O. The minimum Gasteiger partial charge on any atom is -0.343 e. The van der Waals surface area contributed by atoms with Crippen molar-refractivity contribution in [3.63, 3.8) is 0 Å². The Bertz CT molecular complexity index is 474. The smallest absolute Gasteiger partial charge is 0.240 e. The standard InChI is InChI=1S/C8H3BrClIN2O/c9-5-3-4(1-2-12-5)7-6(11)8(10)14-13-7/h1-3H. The highest BCUT2D eigenvalue weighted by Gasteiger charge is 2.13. The lowest BCUT2D eigenvalue weighted by Gasteiger charge is -1.95. The molecule has 0 N–H and O–H groups in total. The largest absolute Gasteiger partial charge is 0.343 e. The maximum Gasteiger partial charge on any atom is 0.240 e. The minimum absolute atomic E-state index is 0.313. The van der Waals surface area contributed by atoms with Crippen molar-refractivity contribution in [3.05, 3.63) is 31.7 Å². The van der Waals surface area contributed by atoms with Crippen molar-refractivity contribution in [3.8, 4) is 11.3 Å². The zero-order chi connectivity index (χ0) is 10.1. The van der Waals surface area contributed by atoms with Crippen LogP contribution in [0.5, 0.6) is 0 Å².